The molecule has 19 aromatic carbocycles. The summed E-state index contributed by atoms with van der Waals surface area (Å²) in [5.74, 6) is -0.355. The van der Waals surface area contributed by atoms with Crippen molar-refractivity contribution in [2.75, 3.05) is 9.80 Å². The first kappa shape index (κ1) is 74.5. The Morgan fingerprint density at radius 3 is 0.631 bits per heavy atom. The molecule has 0 N–H and O–H groups in total. The van der Waals surface area contributed by atoms with Gasteiger partial charge in [-0.3, -0.25) is 19.2 Å². The van der Waals surface area contributed by atoms with Gasteiger partial charge >= 0.3 is 0 Å². The zero-order valence-electron chi connectivity index (χ0n) is 68.6. The molecule has 4 amide bonds. The Kier molecular flexibility index (Phi) is 18.0. The fourth-order valence-electron chi connectivity index (χ4n) is 18.9. The molecule has 0 radical (unpaired) electrons. The summed E-state index contributed by atoms with van der Waals surface area (Å²) in [6, 6.07) is 109. The molecule has 0 aliphatic carbocycles. The monoisotopic (exact) mass is 1580 g/mol. The molecule has 0 spiro atoms. The highest BCUT2D eigenvalue weighted by atomic mass is 16.5. The second-order valence-corrected chi connectivity index (χ2v) is 33.4. The lowest BCUT2D eigenvalue weighted by Crippen LogP contribution is -2.42. The van der Waals surface area contributed by atoms with Gasteiger partial charge < -0.3 is 18.9 Å². The smallest absolute Gasteiger partial charge is 0.266 e. The zero-order valence-corrected chi connectivity index (χ0v) is 68.6. The SMILES string of the molecule is CC(C)c1cccc(C(C)C)c1N1C(=O)c2cc(Oc3ccccc3-c3ccc4ccccc4c3)c3c4c(Oc5ccccc5-c5ccc6ccccc6c5)cc5c6c(cc(Oc7ccccc7-c7ccc8ccccc8c7)c(c7c(Oc8ccccc8-c8ccc9ccccc9c8)cc(c2c37)C1=O)c64)C(=O)N(c1c(C(C)C)cccc1C(C)C)C5=O. The molecule has 122 heavy (non-hydrogen) atoms. The summed E-state index contributed by atoms with van der Waals surface area (Å²) in [6.07, 6.45) is 0. The Labute approximate surface area is 706 Å². The van der Waals surface area contributed by atoms with Crippen molar-refractivity contribution in [2.24, 2.45) is 0 Å². The Balaban J connectivity index is 0.965. The maximum atomic E-state index is 17.3. The summed E-state index contributed by atoms with van der Waals surface area (Å²) < 4.78 is 31.9. The Morgan fingerprint density at radius 1 is 0.189 bits per heavy atom. The van der Waals surface area contributed by atoms with Crippen LogP contribution in [0.15, 0.2) is 328 Å². The van der Waals surface area contributed by atoms with Crippen LogP contribution in [-0.4, -0.2) is 23.6 Å². The number of ether oxygens (including phenoxy) is 4. The molecule has 10 nitrogen and oxygen atoms in total. The minimum atomic E-state index is -0.575. The highest BCUT2D eigenvalue weighted by Gasteiger charge is 2.45. The molecular weight excluding hydrogens is 1500 g/mol. The summed E-state index contributed by atoms with van der Waals surface area (Å²) in [4.78, 5) is 72.0. The maximum absolute atomic E-state index is 17.3. The fourth-order valence-corrected chi connectivity index (χ4v) is 18.9. The maximum Gasteiger partial charge on any atom is 0.266 e. The third-order valence-corrected chi connectivity index (χ3v) is 24.7. The number of hydrogen-bond acceptors (Lipinski definition) is 8. The lowest BCUT2D eigenvalue weighted by Gasteiger charge is -2.35. The molecule has 2 heterocycles. The van der Waals surface area contributed by atoms with Crippen molar-refractivity contribution in [1.29, 1.82) is 0 Å². The third kappa shape index (κ3) is 12.2. The molecule has 0 atom stereocenters. The van der Waals surface area contributed by atoms with Crippen LogP contribution < -0.4 is 28.7 Å². The van der Waals surface area contributed by atoms with Gasteiger partial charge in [0.25, 0.3) is 23.6 Å². The first-order chi connectivity index (χ1) is 59.5. The number of para-hydroxylation sites is 6. The molecule has 21 rings (SSSR count). The van der Waals surface area contributed by atoms with Crippen molar-refractivity contribution < 1.29 is 38.1 Å². The molecule has 588 valence electrons. The van der Waals surface area contributed by atoms with E-state index < -0.39 is 23.6 Å². The normalized spacial score (nSPS) is 12.9. The van der Waals surface area contributed by atoms with Gasteiger partial charge in [0, 0.05) is 65.3 Å². The number of hydrogen-bond donors (Lipinski definition) is 0. The van der Waals surface area contributed by atoms with Crippen molar-refractivity contribution in [1.82, 2.24) is 0 Å². The second kappa shape index (κ2) is 29.5. The molecule has 0 fully saturated rings. The van der Waals surface area contributed by atoms with E-state index in [9.17, 15) is 0 Å². The minimum absolute atomic E-state index is 0.140. The number of carbonyl (C=O) groups is 4. The highest BCUT2D eigenvalue weighted by Crippen LogP contribution is 2.60. The van der Waals surface area contributed by atoms with Crippen molar-refractivity contribution >= 4 is 121 Å². The van der Waals surface area contributed by atoms with Gasteiger partial charge in [-0.25, -0.2) is 9.80 Å². The second-order valence-electron chi connectivity index (χ2n) is 33.4. The van der Waals surface area contributed by atoms with E-state index in [1.807, 2.05) is 182 Å². The van der Waals surface area contributed by atoms with Gasteiger partial charge in [-0.15, -0.1) is 0 Å². The van der Waals surface area contributed by atoms with Gasteiger partial charge in [-0.2, -0.15) is 0 Å². The quantitative estimate of drug-likeness (QED) is 0.0474. The molecular formula is C112H82N2O8. The predicted molar refractivity (Wildman–Crippen MR) is 497 cm³/mol. The van der Waals surface area contributed by atoms with Crippen LogP contribution in [-0.2, 0) is 0 Å². The molecule has 19 aromatic rings. The average Bonchev–Trinajstić information content (AvgIpc) is 0.667. The minimum Gasteiger partial charge on any atom is -0.456 e. The van der Waals surface area contributed by atoms with Crippen molar-refractivity contribution in [3.63, 3.8) is 0 Å². The number of imide groups is 2. The summed E-state index contributed by atoms with van der Waals surface area (Å²) in [7, 11) is 0. The van der Waals surface area contributed by atoms with Crippen LogP contribution in [0.5, 0.6) is 46.0 Å². The van der Waals surface area contributed by atoms with Crippen molar-refractivity contribution in [2.45, 2.75) is 79.1 Å². The summed E-state index contributed by atoms with van der Waals surface area (Å²) in [5, 5.41) is 11.2. The van der Waals surface area contributed by atoms with Gasteiger partial charge in [0.05, 0.1) is 33.6 Å². The van der Waals surface area contributed by atoms with Crippen LogP contribution in [0.25, 0.3) is 131 Å². The van der Waals surface area contributed by atoms with E-state index in [0.29, 0.717) is 77.5 Å². The lowest BCUT2D eigenvalue weighted by molar-refractivity contribution is 0.0877. The van der Waals surface area contributed by atoms with Crippen LogP contribution in [0.1, 0.15) is 143 Å². The van der Waals surface area contributed by atoms with Crippen LogP contribution in [0, 0.1) is 0 Å². The number of benzene rings is 19. The van der Waals surface area contributed by atoms with E-state index in [1.165, 1.54) is 9.80 Å². The molecule has 0 bridgehead atoms. The van der Waals surface area contributed by atoms with Crippen LogP contribution in [0.4, 0.5) is 11.4 Å². The molecule has 0 aromatic heterocycles. The number of carbonyl (C=O) groups excluding carboxylic acids is 4. The number of fused-ring (bicyclic) bond motifs is 6. The largest absolute Gasteiger partial charge is 0.456 e. The van der Waals surface area contributed by atoms with E-state index in [4.69, 9.17) is 18.9 Å². The van der Waals surface area contributed by atoms with Gasteiger partial charge in [-0.1, -0.05) is 310 Å². The highest BCUT2D eigenvalue weighted by molar-refractivity contribution is 6.48. The van der Waals surface area contributed by atoms with Crippen LogP contribution >= 0.6 is 0 Å². The molecule has 10 heteroatoms. The predicted octanol–water partition coefficient (Wildman–Crippen LogP) is 30.3. The average molecular weight is 1580 g/mol. The van der Waals surface area contributed by atoms with Gasteiger partial charge in [-0.05, 0) is 184 Å². The van der Waals surface area contributed by atoms with Crippen molar-refractivity contribution in [3.8, 4) is 90.5 Å². The van der Waals surface area contributed by atoms with Crippen molar-refractivity contribution in [3.05, 3.63) is 372 Å². The van der Waals surface area contributed by atoms with Crippen LogP contribution in [0.3, 0.4) is 0 Å². The summed E-state index contributed by atoms with van der Waals surface area (Å²) in [6.45, 7) is 16.7. The Hall–Kier alpha value is -15.0. The molecule has 2 aliphatic heterocycles. The number of nitrogens with zero attached hydrogens (tertiary/aromatic N) is 2. The lowest BCUT2D eigenvalue weighted by atomic mass is 9.80. The van der Waals surface area contributed by atoms with E-state index in [0.717, 1.165) is 110 Å². The molecule has 2 aliphatic rings. The van der Waals surface area contributed by atoms with E-state index in [2.05, 4.69) is 177 Å². The topological polar surface area (TPSA) is 112 Å². The number of amides is 4. The zero-order chi connectivity index (χ0) is 83.0. The summed E-state index contributed by atoms with van der Waals surface area (Å²) in [5.41, 5.74) is 11.4. The standard InChI is InChI=1S/C112H82N2O8/c1-63(2)79-39-25-40-80(64(3)4)107(79)113-109(115)87-59-95(119-91-43-21-17-35-83(91)75-51-47-67-27-9-13-31-71(67)55-75)101-103-97(121-93-45-23-19-37-85(93)77-53-49-69-29-11-15-33-73(69)57-77)61-89-100-90(112(118)114(111(89)117)108-81(65(5)6)41-26-42-82(108)66(7)8)62-98(122-94-46-24-20-38-86(94)78-54-50-70-30-12-16-34-74(70)58-78)104(106(100)103)102-96(60-88(110(113)116)99(87)105(101)102)120-92-44-22-18-36-84(92)76-52-48-68-28-10-14-32-72(68)56-76/h9-66H,1-8H3. The van der Waals surface area contributed by atoms with Gasteiger partial charge in [0.1, 0.15) is 46.0 Å². The summed E-state index contributed by atoms with van der Waals surface area (Å²) >= 11 is 0. The van der Waals surface area contributed by atoms with Gasteiger partial charge in [0.2, 0.25) is 0 Å². The van der Waals surface area contributed by atoms with Gasteiger partial charge in [0.15, 0.2) is 0 Å². The fraction of sp³-hybridized carbons (Fsp3) is 0.107. The number of rotatable bonds is 18. The Morgan fingerprint density at radius 2 is 0.402 bits per heavy atom. The third-order valence-electron chi connectivity index (χ3n) is 24.7. The Bertz CT molecular complexity index is 6780. The molecule has 0 unspecified atom stereocenters. The van der Waals surface area contributed by atoms with E-state index in [1.54, 1.807) is 24.3 Å². The molecule has 0 saturated heterocycles. The molecule has 0 saturated carbocycles. The van der Waals surface area contributed by atoms with Crippen LogP contribution in [0.2, 0.25) is 0 Å². The van der Waals surface area contributed by atoms with E-state index >= 15 is 19.2 Å². The number of anilines is 2. The van der Waals surface area contributed by atoms with E-state index in [-0.39, 0.29) is 68.9 Å². The first-order valence-corrected chi connectivity index (χ1v) is 41.9. The first-order valence-electron chi connectivity index (χ1n) is 41.9.